The summed E-state index contributed by atoms with van der Waals surface area (Å²) in [5, 5.41) is 19.2. The first-order chi connectivity index (χ1) is 10.1. The maximum Gasteiger partial charge on any atom is 0.127 e. The van der Waals surface area contributed by atoms with Gasteiger partial charge in [0.15, 0.2) is 0 Å². The standard InChI is InChI=1S/C17H12ClNO2/c1-10-14-7-13(20)3-5-17(14)21-9-15(10)11-2-4-16(18)12(6-11)8-19/h2-7,20H,9H2,1H3. The van der Waals surface area contributed by atoms with Crippen LogP contribution in [0.5, 0.6) is 11.5 Å². The van der Waals surface area contributed by atoms with E-state index in [4.69, 9.17) is 21.6 Å². The van der Waals surface area contributed by atoms with E-state index >= 15 is 0 Å². The predicted octanol–water partition coefficient (Wildman–Crippen LogP) is 4.24. The van der Waals surface area contributed by atoms with Crippen molar-refractivity contribution in [3.63, 3.8) is 0 Å². The molecule has 2 aromatic carbocycles. The van der Waals surface area contributed by atoms with Crippen LogP contribution in [0.3, 0.4) is 0 Å². The number of phenols is 1. The first-order valence-electron chi connectivity index (χ1n) is 6.46. The Balaban J connectivity index is 2.15. The van der Waals surface area contributed by atoms with Crippen LogP contribution in [-0.4, -0.2) is 11.7 Å². The molecule has 4 heteroatoms. The molecule has 0 radical (unpaired) electrons. The molecular formula is C17H12ClNO2. The first kappa shape index (κ1) is 13.5. The molecule has 3 rings (SSSR count). The monoisotopic (exact) mass is 297 g/mol. The average molecular weight is 298 g/mol. The molecule has 0 spiro atoms. The third kappa shape index (κ3) is 2.35. The molecular weight excluding hydrogens is 286 g/mol. The van der Waals surface area contributed by atoms with Crippen LogP contribution in [0.25, 0.3) is 11.1 Å². The van der Waals surface area contributed by atoms with E-state index in [0.717, 1.165) is 28.0 Å². The normalized spacial score (nSPS) is 13.4. The van der Waals surface area contributed by atoms with Gasteiger partial charge in [0.2, 0.25) is 0 Å². The van der Waals surface area contributed by atoms with Crippen LogP contribution >= 0.6 is 11.6 Å². The van der Waals surface area contributed by atoms with Gasteiger partial charge in [-0.1, -0.05) is 17.7 Å². The number of rotatable bonds is 1. The molecule has 1 aliphatic rings. The Labute approximate surface area is 127 Å². The Hall–Kier alpha value is -2.44. The summed E-state index contributed by atoms with van der Waals surface area (Å²) in [4.78, 5) is 0. The molecule has 0 fully saturated rings. The van der Waals surface area contributed by atoms with Gasteiger partial charge in [0.05, 0.1) is 10.6 Å². The summed E-state index contributed by atoms with van der Waals surface area (Å²) in [5.41, 5.74) is 4.22. The van der Waals surface area contributed by atoms with Crippen LogP contribution in [0.4, 0.5) is 0 Å². The number of phenolic OH excluding ortho intramolecular Hbond substituents is 1. The zero-order valence-corrected chi connectivity index (χ0v) is 12.1. The molecule has 0 atom stereocenters. The van der Waals surface area contributed by atoms with E-state index < -0.39 is 0 Å². The third-order valence-electron chi connectivity index (χ3n) is 3.63. The summed E-state index contributed by atoms with van der Waals surface area (Å²) in [6.45, 7) is 2.41. The van der Waals surface area contributed by atoms with Crippen molar-refractivity contribution in [3.8, 4) is 17.6 Å². The minimum absolute atomic E-state index is 0.201. The number of aromatic hydroxyl groups is 1. The highest BCUT2D eigenvalue weighted by atomic mass is 35.5. The van der Waals surface area contributed by atoms with Crippen molar-refractivity contribution >= 4 is 22.7 Å². The van der Waals surface area contributed by atoms with E-state index in [-0.39, 0.29) is 5.75 Å². The topological polar surface area (TPSA) is 53.2 Å². The van der Waals surface area contributed by atoms with Crippen LogP contribution in [0.1, 0.15) is 23.6 Å². The second-order valence-corrected chi connectivity index (χ2v) is 5.29. The number of ether oxygens (including phenoxy) is 1. The van der Waals surface area contributed by atoms with Crippen molar-refractivity contribution in [3.05, 3.63) is 58.1 Å². The molecule has 0 unspecified atom stereocenters. The van der Waals surface area contributed by atoms with Gasteiger partial charge in [-0.05, 0) is 48.4 Å². The van der Waals surface area contributed by atoms with Crippen molar-refractivity contribution in [2.45, 2.75) is 6.92 Å². The number of fused-ring (bicyclic) bond motifs is 1. The number of hydrogen-bond acceptors (Lipinski definition) is 3. The maximum atomic E-state index is 9.64. The van der Waals surface area contributed by atoms with Crippen molar-refractivity contribution < 1.29 is 9.84 Å². The molecule has 1 aliphatic heterocycles. The zero-order valence-electron chi connectivity index (χ0n) is 11.4. The van der Waals surface area contributed by atoms with Gasteiger partial charge in [-0.2, -0.15) is 5.26 Å². The van der Waals surface area contributed by atoms with Gasteiger partial charge in [0.1, 0.15) is 24.2 Å². The van der Waals surface area contributed by atoms with E-state index in [0.29, 0.717) is 17.2 Å². The van der Waals surface area contributed by atoms with E-state index in [1.54, 1.807) is 30.3 Å². The van der Waals surface area contributed by atoms with Crippen molar-refractivity contribution in [2.75, 3.05) is 6.61 Å². The number of benzene rings is 2. The fourth-order valence-corrected chi connectivity index (χ4v) is 2.62. The average Bonchev–Trinajstić information content (AvgIpc) is 2.49. The highest BCUT2D eigenvalue weighted by Gasteiger charge is 2.19. The summed E-state index contributed by atoms with van der Waals surface area (Å²) in [5.74, 6) is 0.954. The molecule has 3 nitrogen and oxygen atoms in total. The van der Waals surface area contributed by atoms with Gasteiger partial charge in [-0.15, -0.1) is 0 Å². The smallest absolute Gasteiger partial charge is 0.127 e. The van der Waals surface area contributed by atoms with E-state index in [2.05, 4.69) is 6.07 Å². The summed E-state index contributed by atoms with van der Waals surface area (Å²) < 4.78 is 5.73. The lowest BCUT2D eigenvalue weighted by Crippen LogP contribution is -2.09. The van der Waals surface area contributed by atoms with Gasteiger partial charge in [0.25, 0.3) is 0 Å². The summed E-state index contributed by atoms with van der Waals surface area (Å²) in [6.07, 6.45) is 0. The van der Waals surface area contributed by atoms with Gasteiger partial charge in [-0.3, -0.25) is 0 Å². The molecule has 104 valence electrons. The molecule has 0 bridgehead atoms. The molecule has 0 saturated carbocycles. The lowest BCUT2D eigenvalue weighted by molar-refractivity contribution is 0.363. The fourth-order valence-electron chi connectivity index (χ4n) is 2.46. The van der Waals surface area contributed by atoms with Crippen molar-refractivity contribution in [2.24, 2.45) is 0 Å². The first-order valence-corrected chi connectivity index (χ1v) is 6.84. The van der Waals surface area contributed by atoms with Crippen molar-refractivity contribution in [1.29, 1.82) is 5.26 Å². The molecule has 0 aliphatic carbocycles. The molecule has 2 aromatic rings. The highest BCUT2D eigenvalue weighted by Crippen LogP contribution is 2.38. The number of nitriles is 1. The number of nitrogens with zero attached hydrogens (tertiary/aromatic N) is 1. The van der Waals surface area contributed by atoms with Gasteiger partial charge in [0, 0.05) is 11.1 Å². The minimum Gasteiger partial charge on any atom is -0.508 e. The van der Waals surface area contributed by atoms with E-state index in [1.807, 2.05) is 13.0 Å². The number of allylic oxidation sites excluding steroid dienone is 1. The van der Waals surface area contributed by atoms with Gasteiger partial charge >= 0.3 is 0 Å². The van der Waals surface area contributed by atoms with E-state index in [9.17, 15) is 5.11 Å². The molecule has 0 amide bonds. The zero-order chi connectivity index (χ0) is 15.0. The Morgan fingerprint density at radius 3 is 2.81 bits per heavy atom. The lowest BCUT2D eigenvalue weighted by Gasteiger charge is -2.22. The number of hydrogen-bond donors (Lipinski definition) is 1. The minimum atomic E-state index is 0.201. The van der Waals surface area contributed by atoms with Crippen molar-refractivity contribution in [1.82, 2.24) is 0 Å². The van der Waals surface area contributed by atoms with Crippen LogP contribution in [0.15, 0.2) is 36.4 Å². The van der Waals surface area contributed by atoms with Gasteiger partial charge in [-0.25, -0.2) is 0 Å². The second kappa shape index (κ2) is 5.16. The van der Waals surface area contributed by atoms with Gasteiger partial charge < -0.3 is 9.84 Å². The predicted molar refractivity (Wildman–Crippen MR) is 82.3 cm³/mol. The molecule has 1 N–H and O–H groups in total. The largest absolute Gasteiger partial charge is 0.508 e. The third-order valence-corrected chi connectivity index (χ3v) is 3.96. The summed E-state index contributed by atoms with van der Waals surface area (Å²) in [6, 6.07) is 12.5. The van der Waals surface area contributed by atoms with Crippen LogP contribution in [-0.2, 0) is 0 Å². The molecule has 0 saturated heterocycles. The Kier molecular flexibility index (Phi) is 3.32. The van der Waals surface area contributed by atoms with Crippen LogP contribution in [0.2, 0.25) is 5.02 Å². The number of halogens is 1. The second-order valence-electron chi connectivity index (χ2n) is 4.88. The SMILES string of the molecule is CC1=C(c2ccc(Cl)c(C#N)c2)COc2ccc(O)cc21. The van der Waals surface area contributed by atoms with Crippen LogP contribution in [0, 0.1) is 11.3 Å². The quantitative estimate of drug-likeness (QED) is 0.856. The van der Waals surface area contributed by atoms with Crippen LogP contribution < -0.4 is 4.74 Å². The molecule has 21 heavy (non-hydrogen) atoms. The summed E-state index contributed by atoms with van der Waals surface area (Å²) in [7, 11) is 0. The molecule has 0 aromatic heterocycles. The Morgan fingerprint density at radius 1 is 1.24 bits per heavy atom. The molecule has 1 heterocycles. The maximum absolute atomic E-state index is 9.64. The summed E-state index contributed by atoms with van der Waals surface area (Å²) >= 11 is 5.97. The Morgan fingerprint density at radius 2 is 2.05 bits per heavy atom. The Bertz CT molecular complexity index is 803. The fraction of sp³-hybridized carbons (Fsp3) is 0.118. The lowest BCUT2D eigenvalue weighted by atomic mass is 9.93. The van der Waals surface area contributed by atoms with E-state index in [1.165, 1.54) is 0 Å². The highest BCUT2D eigenvalue weighted by molar-refractivity contribution is 6.31.